The molecule has 24 heavy (non-hydrogen) atoms. The third-order valence-electron chi connectivity index (χ3n) is 3.22. The number of hydrogen-bond acceptors (Lipinski definition) is 6. The van der Waals surface area contributed by atoms with Gasteiger partial charge in [0.1, 0.15) is 0 Å². The predicted molar refractivity (Wildman–Crippen MR) is 89.0 cm³/mol. The number of aromatic nitrogens is 2. The van der Waals surface area contributed by atoms with Gasteiger partial charge in [-0.05, 0) is 11.6 Å². The molecule has 0 aliphatic heterocycles. The van der Waals surface area contributed by atoms with Crippen LogP contribution in [0.25, 0.3) is 0 Å². The van der Waals surface area contributed by atoms with Crippen LogP contribution in [-0.4, -0.2) is 46.9 Å². The number of anilines is 1. The Labute approximate surface area is 140 Å². The van der Waals surface area contributed by atoms with E-state index in [0.29, 0.717) is 19.0 Å². The first-order valence-corrected chi connectivity index (χ1v) is 7.59. The molecule has 126 valence electrons. The van der Waals surface area contributed by atoms with Crippen LogP contribution in [0.4, 0.5) is 5.95 Å². The highest BCUT2D eigenvalue weighted by Gasteiger charge is 2.12. The maximum atomic E-state index is 12.0. The fourth-order valence-corrected chi connectivity index (χ4v) is 1.94. The fourth-order valence-electron chi connectivity index (χ4n) is 1.94. The number of ether oxygens (including phenoxy) is 1. The van der Waals surface area contributed by atoms with E-state index in [1.165, 1.54) is 4.90 Å². The number of nitrogens with one attached hydrogen (secondary N) is 1. The summed E-state index contributed by atoms with van der Waals surface area (Å²) in [7, 11) is 1.68. The molecule has 1 N–H and O–H groups in total. The van der Waals surface area contributed by atoms with Crippen molar-refractivity contribution in [2.45, 2.75) is 13.0 Å². The van der Waals surface area contributed by atoms with Crippen molar-refractivity contribution in [2.75, 3.05) is 25.5 Å². The zero-order valence-corrected chi connectivity index (χ0v) is 13.5. The second-order valence-electron chi connectivity index (χ2n) is 5.15. The predicted octanol–water partition coefficient (Wildman–Crippen LogP) is 1.48. The number of hydrogen-bond donors (Lipinski definition) is 1. The van der Waals surface area contributed by atoms with Gasteiger partial charge in [0, 0.05) is 32.5 Å². The lowest BCUT2D eigenvalue weighted by Crippen LogP contribution is -2.31. The van der Waals surface area contributed by atoms with E-state index in [1.807, 2.05) is 30.3 Å². The second kappa shape index (κ2) is 9.24. The summed E-state index contributed by atoms with van der Waals surface area (Å²) in [4.78, 5) is 33.1. The summed E-state index contributed by atoms with van der Waals surface area (Å²) in [6, 6.07) is 11.3. The summed E-state index contributed by atoms with van der Waals surface area (Å²) in [5.41, 5.74) is 1.02. The second-order valence-corrected chi connectivity index (χ2v) is 5.15. The summed E-state index contributed by atoms with van der Waals surface area (Å²) in [6.07, 6.45) is 3.34. The van der Waals surface area contributed by atoms with Gasteiger partial charge in [0.15, 0.2) is 6.61 Å². The summed E-state index contributed by atoms with van der Waals surface area (Å²) < 4.78 is 4.99. The highest BCUT2D eigenvalue weighted by Crippen LogP contribution is 2.03. The number of likely N-dealkylation sites (N-methyl/N-ethyl adjacent to an activating group) is 1. The Hall–Kier alpha value is -2.96. The molecule has 0 atom stereocenters. The van der Waals surface area contributed by atoms with Gasteiger partial charge in [0.25, 0.3) is 5.91 Å². The van der Waals surface area contributed by atoms with Crippen molar-refractivity contribution < 1.29 is 14.3 Å². The van der Waals surface area contributed by atoms with E-state index < -0.39 is 5.97 Å². The van der Waals surface area contributed by atoms with Crippen LogP contribution in [0.15, 0.2) is 48.8 Å². The standard InChI is InChI=1S/C17H20N4O3/c1-21(12-14-6-3-2-4-7-14)15(22)13-24-16(23)8-11-20-17-18-9-5-10-19-17/h2-7,9-10H,8,11-13H2,1H3,(H,18,19,20). The maximum Gasteiger partial charge on any atom is 0.308 e. The molecule has 1 heterocycles. The third-order valence-corrected chi connectivity index (χ3v) is 3.22. The minimum absolute atomic E-state index is 0.133. The first-order valence-electron chi connectivity index (χ1n) is 7.59. The molecule has 7 heteroatoms. The van der Waals surface area contributed by atoms with Gasteiger partial charge in [0.2, 0.25) is 5.95 Å². The van der Waals surface area contributed by atoms with E-state index >= 15 is 0 Å². The molecular weight excluding hydrogens is 308 g/mol. The van der Waals surface area contributed by atoms with Crippen LogP contribution >= 0.6 is 0 Å². The van der Waals surface area contributed by atoms with Gasteiger partial charge in [0.05, 0.1) is 6.42 Å². The van der Waals surface area contributed by atoms with Gasteiger partial charge in [-0.2, -0.15) is 0 Å². The molecule has 1 amide bonds. The molecule has 0 saturated heterocycles. The van der Waals surface area contributed by atoms with E-state index in [2.05, 4.69) is 15.3 Å². The van der Waals surface area contributed by atoms with Crippen molar-refractivity contribution in [3.05, 3.63) is 54.4 Å². The van der Waals surface area contributed by atoms with Crippen LogP contribution in [0.2, 0.25) is 0 Å². The van der Waals surface area contributed by atoms with Gasteiger partial charge in [-0.1, -0.05) is 30.3 Å². The molecule has 1 aromatic heterocycles. The third kappa shape index (κ3) is 6.04. The van der Waals surface area contributed by atoms with E-state index in [9.17, 15) is 9.59 Å². The number of nitrogens with zero attached hydrogens (tertiary/aromatic N) is 3. The highest BCUT2D eigenvalue weighted by atomic mass is 16.5. The van der Waals surface area contributed by atoms with Gasteiger partial charge < -0.3 is 15.0 Å². The maximum absolute atomic E-state index is 12.0. The SMILES string of the molecule is CN(Cc1ccccc1)C(=O)COC(=O)CCNc1ncccn1. The van der Waals surface area contributed by atoms with Crippen LogP contribution in [0.1, 0.15) is 12.0 Å². The Bertz CT molecular complexity index is 649. The van der Waals surface area contributed by atoms with Crippen LogP contribution in [0.5, 0.6) is 0 Å². The number of benzene rings is 1. The lowest BCUT2D eigenvalue weighted by molar-refractivity contribution is -0.151. The Morgan fingerprint density at radius 2 is 1.83 bits per heavy atom. The molecule has 2 aromatic rings. The number of rotatable bonds is 8. The van der Waals surface area contributed by atoms with Crippen molar-refractivity contribution >= 4 is 17.8 Å². The van der Waals surface area contributed by atoms with Crippen molar-refractivity contribution in [2.24, 2.45) is 0 Å². The molecule has 2 rings (SSSR count). The van der Waals surface area contributed by atoms with Gasteiger partial charge in [-0.3, -0.25) is 9.59 Å². The molecule has 0 radical (unpaired) electrons. The van der Waals surface area contributed by atoms with Crippen LogP contribution < -0.4 is 5.32 Å². The van der Waals surface area contributed by atoms with Crippen molar-refractivity contribution in [1.29, 1.82) is 0 Å². The molecule has 0 aliphatic carbocycles. The smallest absolute Gasteiger partial charge is 0.308 e. The summed E-state index contributed by atoms with van der Waals surface area (Å²) >= 11 is 0. The number of carbonyl (C=O) groups is 2. The summed E-state index contributed by atoms with van der Waals surface area (Å²) in [5, 5.41) is 2.90. The number of carbonyl (C=O) groups excluding carboxylic acids is 2. The zero-order chi connectivity index (χ0) is 17.2. The van der Waals surface area contributed by atoms with Crippen LogP contribution in [0, 0.1) is 0 Å². The van der Waals surface area contributed by atoms with E-state index in [0.717, 1.165) is 5.56 Å². The minimum atomic E-state index is -0.445. The highest BCUT2D eigenvalue weighted by molar-refractivity contribution is 5.80. The lowest BCUT2D eigenvalue weighted by Gasteiger charge is -2.17. The normalized spacial score (nSPS) is 10.0. The monoisotopic (exact) mass is 328 g/mol. The molecule has 0 spiro atoms. The van der Waals surface area contributed by atoms with E-state index in [4.69, 9.17) is 4.74 Å². The minimum Gasteiger partial charge on any atom is -0.456 e. The lowest BCUT2D eigenvalue weighted by atomic mass is 10.2. The largest absolute Gasteiger partial charge is 0.456 e. The summed E-state index contributed by atoms with van der Waals surface area (Å²) in [6.45, 7) is 0.561. The average Bonchev–Trinajstić information content (AvgIpc) is 2.61. The van der Waals surface area contributed by atoms with Gasteiger partial charge >= 0.3 is 5.97 Å². The zero-order valence-electron chi connectivity index (χ0n) is 13.5. The van der Waals surface area contributed by atoms with Crippen LogP contribution in [0.3, 0.4) is 0 Å². The molecule has 0 fully saturated rings. The Morgan fingerprint density at radius 3 is 2.54 bits per heavy atom. The molecule has 0 aliphatic rings. The van der Waals surface area contributed by atoms with Gasteiger partial charge in [-0.25, -0.2) is 9.97 Å². The fraction of sp³-hybridized carbons (Fsp3) is 0.294. The number of amides is 1. The van der Waals surface area contributed by atoms with E-state index in [-0.39, 0.29) is 18.9 Å². The molecule has 1 aromatic carbocycles. The Balaban J connectivity index is 1.64. The quantitative estimate of drug-likeness (QED) is 0.739. The van der Waals surface area contributed by atoms with Gasteiger partial charge in [-0.15, -0.1) is 0 Å². The average molecular weight is 328 g/mol. The van der Waals surface area contributed by atoms with Crippen molar-refractivity contribution in [1.82, 2.24) is 14.9 Å². The topological polar surface area (TPSA) is 84.4 Å². The molecule has 7 nitrogen and oxygen atoms in total. The van der Waals surface area contributed by atoms with Crippen LogP contribution in [-0.2, 0) is 20.9 Å². The van der Waals surface area contributed by atoms with Crippen molar-refractivity contribution in [3.8, 4) is 0 Å². The Morgan fingerprint density at radius 1 is 1.12 bits per heavy atom. The van der Waals surface area contributed by atoms with Crippen molar-refractivity contribution in [3.63, 3.8) is 0 Å². The molecular formula is C17H20N4O3. The van der Waals surface area contributed by atoms with E-state index in [1.54, 1.807) is 25.5 Å². The first kappa shape index (κ1) is 17.4. The molecule has 0 unspecified atom stereocenters. The molecule has 0 saturated carbocycles. The first-order chi connectivity index (χ1) is 11.6. The number of esters is 1. The molecule has 0 bridgehead atoms. The Kier molecular flexibility index (Phi) is 6.70. The summed E-state index contributed by atoms with van der Waals surface area (Å²) in [5.74, 6) is -0.240.